The first-order chi connectivity index (χ1) is 13.5. The Kier molecular flexibility index (Phi) is 8.78. The predicted octanol–water partition coefficient (Wildman–Crippen LogP) is 2.55. The molecule has 1 aliphatic rings. The van der Waals surface area contributed by atoms with E-state index in [0.29, 0.717) is 32.4 Å². The number of nitrogens with zero attached hydrogens (tertiary/aromatic N) is 1. The summed E-state index contributed by atoms with van der Waals surface area (Å²) in [7, 11) is 0. The molecule has 0 aliphatic carbocycles. The number of aliphatic carboxylic acids is 1. The van der Waals surface area contributed by atoms with Crippen LogP contribution in [0.3, 0.4) is 0 Å². The van der Waals surface area contributed by atoms with Gasteiger partial charge in [-0.2, -0.15) is 0 Å². The van der Waals surface area contributed by atoms with Gasteiger partial charge in [-0.3, -0.25) is 9.59 Å². The van der Waals surface area contributed by atoms with E-state index in [4.69, 9.17) is 5.11 Å². The maximum atomic E-state index is 12.8. The minimum Gasteiger partial charge on any atom is -0.481 e. The van der Waals surface area contributed by atoms with Crippen LogP contribution in [0.25, 0.3) is 0 Å². The molecule has 1 aliphatic heterocycles. The third kappa shape index (κ3) is 7.58. The van der Waals surface area contributed by atoms with Crippen molar-refractivity contribution in [2.24, 2.45) is 0 Å². The largest absolute Gasteiger partial charge is 0.481 e. The Labute approximate surface area is 166 Å². The zero-order valence-electron chi connectivity index (χ0n) is 16.5. The quantitative estimate of drug-likeness (QED) is 0.604. The van der Waals surface area contributed by atoms with Gasteiger partial charge in [0.25, 0.3) is 0 Å². The maximum absolute atomic E-state index is 12.8. The van der Waals surface area contributed by atoms with Crippen molar-refractivity contribution in [3.8, 4) is 0 Å². The van der Waals surface area contributed by atoms with Crippen LogP contribution < -0.4 is 10.6 Å². The summed E-state index contributed by atoms with van der Waals surface area (Å²) in [4.78, 5) is 37.3. The summed E-state index contributed by atoms with van der Waals surface area (Å²) >= 11 is 0. The zero-order valence-corrected chi connectivity index (χ0v) is 16.5. The Morgan fingerprint density at radius 1 is 1.21 bits per heavy atom. The molecular formula is C21H31N3O4. The summed E-state index contributed by atoms with van der Waals surface area (Å²) in [6.45, 7) is 3.09. The minimum atomic E-state index is -0.871. The number of carboxylic acid groups (broad SMARTS) is 1. The number of carbonyl (C=O) groups is 3. The lowest BCUT2D eigenvalue weighted by molar-refractivity contribution is -0.137. The van der Waals surface area contributed by atoms with Gasteiger partial charge in [0.15, 0.2) is 0 Å². The Balaban J connectivity index is 1.93. The number of likely N-dealkylation sites (tertiary alicyclic amines) is 1. The van der Waals surface area contributed by atoms with E-state index in [-0.39, 0.29) is 30.4 Å². The highest BCUT2D eigenvalue weighted by Gasteiger charge is 2.26. The van der Waals surface area contributed by atoms with Crippen molar-refractivity contribution in [3.05, 3.63) is 35.9 Å². The number of hydrogen-bond acceptors (Lipinski definition) is 3. The number of nitrogens with one attached hydrogen (secondary N) is 2. The van der Waals surface area contributed by atoms with Crippen LogP contribution >= 0.6 is 0 Å². The van der Waals surface area contributed by atoms with Crippen LogP contribution in [0.5, 0.6) is 0 Å². The van der Waals surface area contributed by atoms with Crippen LogP contribution in [0.15, 0.2) is 30.3 Å². The van der Waals surface area contributed by atoms with Crippen LogP contribution in [0, 0.1) is 0 Å². The predicted molar refractivity (Wildman–Crippen MR) is 107 cm³/mol. The molecule has 1 aromatic rings. The molecule has 0 spiro atoms. The van der Waals surface area contributed by atoms with E-state index in [9.17, 15) is 14.4 Å². The van der Waals surface area contributed by atoms with Crippen molar-refractivity contribution in [3.63, 3.8) is 0 Å². The van der Waals surface area contributed by atoms with Crippen LogP contribution in [0.4, 0.5) is 4.79 Å². The van der Waals surface area contributed by atoms with Gasteiger partial charge < -0.3 is 20.6 Å². The molecule has 154 valence electrons. The molecule has 0 radical (unpaired) electrons. The maximum Gasteiger partial charge on any atom is 0.317 e. The lowest BCUT2D eigenvalue weighted by atomic mass is 10.0. The average molecular weight is 389 g/mol. The highest BCUT2D eigenvalue weighted by molar-refractivity contribution is 5.77. The number of carboxylic acids is 1. The number of amides is 3. The lowest BCUT2D eigenvalue weighted by Crippen LogP contribution is -2.54. The molecular weight excluding hydrogens is 358 g/mol. The topological polar surface area (TPSA) is 98.7 Å². The van der Waals surface area contributed by atoms with Crippen molar-refractivity contribution >= 4 is 17.9 Å². The molecule has 1 heterocycles. The Morgan fingerprint density at radius 2 is 1.96 bits per heavy atom. The molecule has 2 rings (SSSR count). The first kappa shape index (κ1) is 21.7. The third-order valence-corrected chi connectivity index (χ3v) is 4.91. The third-order valence-electron chi connectivity index (χ3n) is 4.91. The summed E-state index contributed by atoms with van der Waals surface area (Å²) in [6, 6.07) is 9.26. The molecule has 3 N–H and O–H groups in total. The minimum absolute atomic E-state index is 0.00742. The van der Waals surface area contributed by atoms with Crippen molar-refractivity contribution < 1.29 is 19.5 Å². The SMILES string of the molecule is CCCC(=O)NC1CCCN(C(=O)NC(CCC(=O)O)Cc2ccccc2)C1. The van der Waals surface area contributed by atoms with Gasteiger partial charge in [0, 0.05) is 38.0 Å². The molecule has 7 heteroatoms. The summed E-state index contributed by atoms with van der Waals surface area (Å²) in [5, 5.41) is 15.0. The second-order valence-corrected chi connectivity index (χ2v) is 7.37. The molecule has 1 fully saturated rings. The van der Waals surface area contributed by atoms with Gasteiger partial charge >= 0.3 is 12.0 Å². The van der Waals surface area contributed by atoms with E-state index in [1.54, 1.807) is 4.90 Å². The first-order valence-electron chi connectivity index (χ1n) is 10.1. The monoisotopic (exact) mass is 389 g/mol. The summed E-state index contributed by atoms with van der Waals surface area (Å²) in [6.07, 6.45) is 3.97. The van der Waals surface area contributed by atoms with Crippen molar-refractivity contribution in [2.75, 3.05) is 13.1 Å². The van der Waals surface area contributed by atoms with E-state index in [0.717, 1.165) is 24.8 Å². The van der Waals surface area contributed by atoms with E-state index >= 15 is 0 Å². The number of carbonyl (C=O) groups excluding carboxylic acids is 2. The average Bonchev–Trinajstić information content (AvgIpc) is 2.67. The van der Waals surface area contributed by atoms with E-state index in [1.165, 1.54) is 0 Å². The number of piperidine rings is 1. The van der Waals surface area contributed by atoms with Gasteiger partial charge in [-0.1, -0.05) is 37.3 Å². The molecule has 0 saturated carbocycles. The molecule has 1 saturated heterocycles. The smallest absolute Gasteiger partial charge is 0.317 e. The Hall–Kier alpha value is -2.57. The van der Waals surface area contributed by atoms with E-state index in [1.807, 2.05) is 37.3 Å². The first-order valence-corrected chi connectivity index (χ1v) is 10.1. The van der Waals surface area contributed by atoms with Gasteiger partial charge in [-0.15, -0.1) is 0 Å². The van der Waals surface area contributed by atoms with E-state index in [2.05, 4.69) is 10.6 Å². The second kappa shape index (κ2) is 11.3. The summed E-state index contributed by atoms with van der Waals surface area (Å²) in [5.41, 5.74) is 1.06. The van der Waals surface area contributed by atoms with Crippen molar-refractivity contribution in [1.29, 1.82) is 0 Å². The molecule has 28 heavy (non-hydrogen) atoms. The normalized spacial score (nSPS) is 17.6. The van der Waals surface area contributed by atoms with Gasteiger partial charge in [0.05, 0.1) is 0 Å². The molecule has 1 aromatic carbocycles. The van der Waals surface area contributed by atoms with Gasteiger partial charge in [0.2, 0.25) is 5.91 Å². The number of hydrogen-bond donors (Lipinski definition) is 3. The highest BCUT2D eigenvalue weighted by Crippen LogP contribution is 2.13. The van der Waals surface area contributed by atoms with Gasteiger partial charge in [-0.05, 0) is 37.7 Å². The molecule has 3 amide bonds. The van der Waals surface area contributed by atoms with Gasteiger partial charge in [-0.25, -0.2) is 4.79 Å². The Morgan fingerprint density at radius 3 is 2.64 bits per heavy atom. The molecule has 2 atom stereocenters. The van der Waals surface area contributed by atoms with Crippen LogP contribution in [-0.4, -0.2) is 53.1 Å². The summed E-state index contributed by atoms with van der Waals surface area (Å²) < 4.78 is 0. The van der Waals surface area contributed by atoms with Gasteiger partial charge in [0.1, 0.15) is 0 Å². The van der Waals surface area contributed by atoms with Crippen LogP contribution in [0.2, 0.25) is 0 Å². The number of rotatable bonds is 9. The Bertz CT molecular complexity index is 650. The number of urea groups is 1. The zero-order chi connectivity index (χ0) is 20.4. The standard InChI is InChI=1S/C21H31N3O4/c1-2-7-19(25)22-18-10-6-13-24(15-18)21(28)23-17(11-12-20(26)27)14-16-8-4-3-5-9-16/h3-5,8-9,17-18H,2,6-7,10-15H2,1H3,(H,22,25)(H,23,28)(H,26,27). The summed E-state index contributed by atoms with van der Waals surface area (Å²) in [5.74, 6) is -0.845. The van der Waals surface area contributed by atoms with Crippen LogP contribution in [0.1, 0.15) is 51.0 Å². The molecule has 2 unspecified atom stereocenters. The van der Waals surface area contributed by atoms with Crippen molar-refractivity contribution in [1.82, 2.24) is 15.5 Å². The molecule has 0 bridgehead atoms. The second-order valence-electron chi connectivity index (χ2n) is 7.37. The fraction of sp³-hybridized carbons (Fsp3) is 0.571. The molecule has 0 aromatic heterocycles. The van der Waals surface area contributed by atoms with Crippen LogP contribution in [-0.2, 0) is 16.0 Å². The fourth-order valence-electron chi connectivity index (χ4n) is 3.49. The fourth-order valence-corrected chi connectivity index (χ4v) is 3.49. The van der Waals surface area contributed by atoms with E-state index < -0.39 is 5.97 Å². The van der Waals surface area contributed by atoms with Crippen molar-refractivity contribution in [2.45, 2.75) is 64.0 Å². The molecule has 7 nitrogen and oxygen atoms in total. The number of benzene rings is 1. The lowest BCUT2D eigenvalue weighted by Gasteiger charge is -2.34. The highest BCUT2D eigenvalue weighted by atomic mass is 16.4.